The third-order valence-corrected chi connectivity index (χ3v) is 6.05. The van der Waals surface area contributed by atoms with Gasteiger partial charge in [0.25, 0.3) is 5.69 Å². The predicted molar refractivity (Wildman–Crippen MR) is 121 cm³/mol. The molecule has 156 valence electrons. The number of aryl methyl sites for hydroxylation is 1. The maximum Gasteiger partial charge on any atom is 0.270 e. The molecule has 0 bridgehead atoms. The Kier molecular flexibility index (Phi) is 4.65. The predicted octanol–water partition coefficient (Wildman–Crippen LogP) is 5.70. The number of aliphatic hydroxyl groups is 1. The van der Waals surface area contributed by atoms with Crippen LogP contribution in [0.2, 0.25) is 0 Å². The largest absolute Gasteiger partial charge is 0.506 e. The zero-order valence-corrected chi connectivity index (χ0v) is 17.5. The maximum absolute atomic E-state index is 12.9. The zero-order chi connectivity index (χ0) is 22.5. The Hall–Kier alpha value is -3.93. The van der Waals surface area contributed by atoms with Gasteiger partial charge in [-0.25, -0.2) is 0 Å². The Morgan fingerprint density at radius 1 is 1.23 bits per heavy atom. The van der Waals surface area contributed by atoms with Crippen molar-refractivity contribution in [1.82, 2.24) is 4.98 Å². The van der Waals surface area contributed by atoms with Gasteiger partial charge < -0.3 is 10.1 Å². The number of non-ortho nitro benzene ring substituents is 1. The Bertz CT molecular complexity index is 1340. The number of carbonyl (C=O) groups is 1. The number of hydrogen-bond acceptors (Lipinski definition) is 4. The third-order valence-electron chi connectivity index (χ3n) is 6.05. The first-order valence-corrected chi connectivity index (χ1v) is 9.84. The van der Waals surface area contributed by atoms with Gasteiger partial charge in [0.2, 0.25) is 5.78 Å². The molecule has 0 radical (unpaired) electrons. The molecule has 1 aliphatic carbocycles. The fourth-order valence-corrected chi connectivity index (χ4v) is 4.04. The topological polar surface area (TPSA) is 96.2 Å². The van der Waals surface area contributed by atoms with Crippen LogP contribution in [0, 0.1) is 17.0 Å². The molecule has 0 atom stereocenters. The van der Waals surface area contributed by atoms with Gasteiger partial charge in [-0.05, 0) is 35.8 Å². The van der Waals surface area contributed by atoms with Crippen molar-refractivity contribution in [3.8, 4) is 0 Å². The monoisotopic (exact) mass is 414 g/mol. The Morgan fingerprint density at radius 3 is 2.58 bits per heavy atom. The minimum atomic E-state index is -0.490. The number of fused-ring (bicyclic) bond motifs is 1. The van der Waals surface area contributed by atoms with Gasteiger partial charge in [-0.15, -0.1) is 0 Å². The van der Waals surface area contributed by atoms with Crippen molar-refractivity contribution < 1.29 is 14.8 Å². The van der Waals surface area contributed by atoms with Crippen LogP contribution in [0.3, 0.4) is 0 Å². The van der Waals surface area contributed by atoms with E-state index in [0.29, 0.717) is 22.0 Å². The van der Waals surface area contributed by atoms with E-state index in [4.69, 9.17) is 0 Å². The second kappa shape index (κ2) is 7.09. The first-order chi connectivity index (χ1) is 14.6. The molecule has 0 unspecified atom stereocenters. The molecule has 0 saturated heterocycles. The second-order valence-electron chi connectivity index (χ2n) is 8.27. The Labute approximate surface area is 179 Å². The van der Waals surface area contributed by atoms with E-state index in [1.54, 1.807) is 18.3 Å². The van der Waals surface area contributed by atoms with Crippen molar-refractivity contribution >= 4 is 27.9 Å². The summed E-state index contributed by atoms with van der Waals surface area (Å²) in [6.07, 6.45) is 3.21. The summed E-state index contributed by atoms with van der Waals surface area (Å²) in [5.74, 6) is -0.439. The quantitative estimate of drug-likeness (QED) is 0.318. The summed E-state index contributed by atoms with van der Waals surface area (Å²) in [4.78, 5) is 26.5. The number of allylic oxidation sites excluding steroid dienone is 4. The lowest BCUT2D eigenvalue weighted by Gasteiger charge is -2.30. The number of hydrogen-bond donors (Lipinski definition) is 2. The second-order valence-corrected chi connectivity index (χ2v) is 8.27. The number of nitro benzene ring substituents is 1. The summed E-state index contributed by atoms with van der Waals surface area (Å²) in [5.41, 5.74) is 3.84. The molecule has 3 aromatic rings. The molecule has 2 aromatic carbocycles. The molecule has 1 heterocycles. The summed E-state index contributed by atoms with van der Waals surface area (Å²) in [5, 5.41) is 22.3. The van der Waals surface area contributed by atoms with Crippen LogP contribution in [-0.2, 0) is 10.2 Å². The fraction of sp³-hybridized carbons (Fsp3) is 0.160. The Balaban J connectivity index is 1.73. The fourth-order valence-electron chi connectivity index (χ4n) is 4.04. The van der Waals surface area contributed by atoms with Crippen molar-refractivity contribution in [3.63, 3.8) is 0 Å². The van der Waals surface area contributed by atoms with E-state index >= 15 is 0 Å². The van der Waals surface area contributed by atoms with Gasteiger partial charge >= 0.3 is 0 Å². The number of aromatic nitrogens is 1. The van der Waals surface area contributed by atoms with Crippen molar-refractivity contribution in [2.75, 3.05) is 0 Å². The minimum Gasteiger partial charge on any atom is -0.506 e. The molecule has 1 aromatic heterocycles. The molecule has 0 fully saturated rings. The van der Waals surface area contributed by atoms with E-state index in [0.717, 1.165) is 11.1 Å². The summed E-state index contributed by atoms with van der Waals surface area (Å²) in [7, 11) is 0. The van der Waals surface area contributed by atoms with Crippen LogP contribution in [-0.4, -0.2) is 20.8 Å². The van der Waals surface area contributed by atoms with Crippen molar-refractivity contribution in [1.29, 1.82) is 0 Å². The van der Waals surface area contributed by atoms with Gasteiger partial charge in [-0.1, -0.05) is 44.7 Å². The molecule has 2 N–H and O–H groups in total. The van der Waals surface area contributed by atoms with Crippen LogP contribution in [0.5, 0.6) is 0 Å². The number of Topliss-reactive ketones (excluding diaryl/α,β-unsaturated/α-hetero) is 1. The summed E-state index contributed by atoms with van der Waals surface area (Å²) in [6, 6.07) is 12.4. The molecule has 0 amide bonds. The first-order valence-electron chi connectivity index (χ1n) is 9.84. The van der Waals surface area contributed by atoms with E-state index in [9.17, 15) is 20.0 Å². The standard InChI is InChI=1S/C25H22N2O4/c1-14-7-5-6-8-20(14)25(3,4)15(2)11-18-23(28)22(24(18)29)19-13-26-21-10-9-16(27(30)31)12-17(19)21/h5-13,26,28H,2H2,1,3-4H3/b18-11+. The molecular weight excluding hydrogens is 392 g/mol. The van der Waals surface area contributed by atoms with Crippen LogP contribution in [0.15, 0.2) is 78.2 Å². The van der Waals surface area contributed by atoms with Crippen molar-refractivity contribution in [3.05, 3.63) is 105 Å². The van der Waals surface area contributed by atoms with Gasteiger partial charge in [-0.2, -0.15) is 0 Å². The minimum absolute atomic E-state index is 0.0793. The number of nitrogens with one attached hydrogen (secondary N) is 1. The Morgan fingerprint density at radius 2 is 1.94 bits per heavy atom. The smallest absolute Gasteiger partial charge is 0.270 e. The molecule has 0 saturated carbocycles. The summed E-state index contributed by atoms with van der Waals surface area (Å²) >= 11 is 0. The van der Waals surface area contributed by atoms with Crippen LogP contribution in [0.4, 0.5) is 5.69 Å². The number of aromatic amines is 1. The molecule has 1 aliphatic rings. The van der Waals surface area contributed by atoms with Gasteiger partial charge in [0.05, 0.1) is 16.1 Å². The van der Waals surface area contributed by atoms with E-state index in [1.165, 1.54) is 12.1 Å². The van der Waals surface area contributed by atoms with E-state index in [-0.39, 0.29) is 28.4 Å². The van der Waals surface area contributed by atoms with Gasteiger partial charge in [0.1, 0.15) is 5.76 Å². The van der Waals surface area contributed by atoms with Crippen molar-refractivity contribution in [2.24, 2.45) is 0 Å². The number of carbonyl (C=O) groups excluding carboxylic acids is 1. The highest BCUT2D eigenvalue weighted by Crippen LogP contribution is 2.42. The van der Waals surface area contributed by atoms with Crippen molar-refractivity contribution in [2.45, 2.75) is 26.2 Å². The SMILES string of the molecule is C=C(/C=C1/C(=O)C(c2c[nH]c3ccc([N+](=O)[O-])cc23)=C1O)C(C)(C)c1ccccc1C. The molecule has 6 heteroatoms. The summed E-state index contributed by atoms with van der Waals surface area (Å²) in [6.45, 7) is 10.2. The number of rotatable bonds is 5. The molecule has 0 spiro atoms. The highest BCUT2D eigenvalue weighted by Gasteiger charge is 2.37. The number of nitro groups is 1. The van der Waals surface area contributed by atoms with Gasteiger partial charge in [0.15, 0.2) is 0 Å². The number of ketones is 1. The van der Waals surface area contributed by atoms with Gasteiger partial charge in [-0.3, -0.25) is 14.9 Å². The normalized spacial score (nSPS) is 15.5. The number of H-pyrrole nitrogens is 1. The lowest BCUT2D eigenvalue weighted by atomic mass is 9.74. The van der Waals surface area contributed by atoms with E-state index in [2.05, 4.69) is 11.6 Å². The van der Waals surface area contributed by atoms with Crippen LogP contribution < -0.4 is 0 Å². The molecule has 4 rings (SSSR count). The highest BCUT2D eigenvalue weighted by molar-refractivity contribution is 6.40. The molecule has 0 aliphatic heterocycles. The summed E-state index contributed by atoms with van der Waals surface area (Å²) < 4.78 is 0. The number of aliphatic hydroxyl groups excluding tert-OH is 1. The number of benzene rings is 2. The first kappa shape index (κ1) is 20.3. The maximum atomic E-state index is 12.9. The average molecular weight is 414 g/mol. The van der Waals surface area contributed by atoms with Crippen LogP contribution >= 0.6 is 0 Å². The van der Waals surface area contributed by atoms with Gasteiger partial charge in [0, 0.05) is 40.2 Å². The highest BCUT2D eigenvalue weighted by atomic mass is 16.6. The number of nitrogens with zero attached hydrogens (tertiary/aromatic N) is 1. The van der Waals surface area contributed by atoms with Crippen LogP contribution in [0.1, 0.15) is 30.5 Å². The molecular formula is C25H22N2O4. The third kappa shape index (κ3) is 3.17. The average Bonchev–Trinajstić information content (AvgIpc) is 3.14. The lowest BCUT2D eigenvalue weighted by molar-refractivity contribution is -0.384. The molecule has 6 nitrogen and oxygen atoms in total. The van der Waals surface area contributed by atoms with E-state index in [1.807, 2.05) is 45.0 Å². The van der Waals surface area contributed by atoms with Crippen LogP contribution in [0.25, 0.3) is 16.5 Å². The lowest BCUT2D eigenvalue weighted by Crippen LogP contribution is -2.24. The van der Waals surface area contributed by atoms with E-state index < -0.39 is 10.3 Å². The molecule has 31 heavy (non-hydrogen) atoms. The zero-order valence-electron chi connectivity index (χ0n) is 17.5.